The van der Waals surface area contributed by atoms with Crippen LogP contribution in [0.4, 0.5) is 11.4 Å². The van der Waals surface area contributed by atoms with E-state index in [4.69, 9.17) is 10.8 Å². The van der Waals surface area contributed by atoms with Crippen LogP contribution in [0, 0.1) is 0 Å². The van der Waals surface area contributed by atoms with E-state index in [0.29, 0.717) is 6.54 Å². The molecule has 0 radical (unpaired) electrons. The van der Waals surface area contributed by atoms with E-state index < -0.39 is 5.97 Å². The molecule has 0 heterocycles. The molecule has 0 amide bonds. The van der Waals surface area contributed by atoms with Crippen molar-refractivity contribution in [2.45, 2.75) is 13.0 Å². The summed E-state index contributed by atoms with van der Waals surface area (Å²) in [7, 11) is 1.98. The number of nitrogens with two attached hydrogens (primary N) is 1. The molecule has 0 saturated carbocycles. The van der Waals surface area contributed by atoms with Crippen LogP contribution < -0.4 is 10.6 Å². The van der Waals surface area contributed by atoms with Gasteiger partial charge in [0, 0.05) is 25.0 Å². The average Bonchev–Trinajstić information content (AvgIpc) is 2.41. The SMILES string of the molecule is CN(Cc1ccccc1CC(=O)O)c1ccc(N)cc1. The number of anilines is 2. The predicted molar refractivity (Wildman–Crippen MR) is 80.7 cm³/mol. The van der Waals surface area contributed by atoms with Crippen LogP contribution in [0.15, 0.2) is 48.5 Å². The zero-order valence-corrected chi connectivity index (χ0v) is 11.4. The molecule has 0 aromatic heterocycles. The molecular weight excluding hydrogens is 252 g/mol. The van der Waals surface area contributed by atoms with Crippen LogP contribution in [0.25, 0.3) is 0 Å². The molecule has 0 atom stereocenters. The van der Waals surface area contributed by atoms with Crippen molar-refractivity contribution in [3.05, 3.63) is 59.7 Å². The number of hydrogen-bond acceptors (Lipinski definition) is 3. The van der Waals surface area contributed by atoms with Crippen LogP contribution in [0.5, 0.6) is 0 Å². The second-order valence-electron chi connectivity index (χ2n) is 4.79. The molecule has 2 aromatic carbocycles. The molecule has 0 saturated heterocycles. The zero-order chi connectivity index (χ0) is 14.5. The van der Waals surface area contributed by atoms with Gasteiger partial charge >= 0.3 is 5.97 Å². The Kier molecular flexibility index (Phi) is 4.25. The van der Waals surface area contributed by atoms with Crippen molar-refractivity contribution in [2.75, 3.05) is 17.7 Å². The van der Waals surface area contributed by atoms with E-state index in [-0.39, 0.29) is 6.42 Å². The smallest absolute Gasteiger partial charge is 0.307 e. The number of carboxylic acid groups (broad SMARTS) is 1. The minimum absolute atomic E-state index is 0.0474. The fourth-order valence-electron chi connectivity index (χ4n) is 2.12. The van der Waals surface area contributed by atoms with Gasteiger partial charge in [0.2, 0.25) is 0 Å². The second-order valence-corrected chi connectivity index (χ2v) is 4.79. The number of nitrogen functional groups attached to an aromatic ring is 1. The zero-order valence-electron chi connectivity index (χ0n) is 11.4. The van der Waals surface area contributed by atoms with Gasteiger partial charge in [0.25, 0.3) is 0 Å². The number of hydrogen-bond donors (Lipinski definition) is 2. The summed E-state index contributed by atoms with van der Waals surface area (Å²) in [6, 6.07) is 15.2. The van der Waals surface area contributed by atoms with E-state index in [1.807, 2.05) is 55.6 Å². The first-order valence-electron chi connectivity index (χ1n) is 6.41. The quantitative estimate of drug-likeness (QED) is 0.819. The highest BCUT2D eigenvalue weighted by Crippen LogP contribution is 2.19. The molecule has 104 valence electrons. The third-order valence-electron chi connectivity index (χ3n) is 3.20. The maximum absolute atomic E-state index is 10.9. The van der Waals surface area contributed by atoms with Crippen LogP contribution in [0.2, 0.25) is 0 Å². The van der Waals surface area contributed by atoms with E-state index in [1.54, 1.807) is 0 Å². The Labute approximate surface area is 118 Å². The Morgan fingerprint density at radius 2 is 1.70 bits per heavy atom. The van der Waals surface area contributed by atoms with Gasteiger partial charge in [-0.05, 0) is 35.4 Å². The second kappa shape index (κ2) is 6.10. The Morgan fingerprint density at radius 1 is 1.10 bits per heavy atom. The van der Waals surface area contributed by atoms with Crippen molar-refractivity contribution in [3.8, 4) is 0 Å². The normalized spacial score (nSPS) is 10.2. The summed E-state index contributed by atoms with van der Waals surface area (Å²) >= 11 is 0. The van der Waals surface area contributed by atoms with Gasteiger partial charge in [-0.1, -0.05) is 24.3 Å². The number of rotatable bonds is 5. The van der Waals surface area contributed by atoms with Gasteiger partial charge in [0.1, 0.15) is 0 Å². The van der Waals surface area contributed by atoms with Crippen LogP contribution in [0.1, 0.15) is 11.1 Å². The molecule has 0 spiro atoms. The third kappa shape index (κ3) is 3.51. The lowest BCUT2D eigenvalue weighted by molar-refractivity contribution is -0.136. The first kappa shape index (κ1) is 13.9. The summed E-state index contributed by atoms with van der Waals surface area (Å²) in [6.45, 7) is 0.660. The summed E-state index contributed by atoms with van der Waals surface area (Å²) in [5, 5.41) is 8.95. The molecule has 2 rings (SSSR count). The van der Waals surface area contributed by atoms with Crippen molar-refractivity contribution in [1.82, 2.24) is 0 Å². The summed E-state index contributed by atoms with van der Waals surface area (Å²) in [5.41, 5.74) is 9.32. The van der Waals surface area contributed by atoms with Gasteiger partial charge in [-0.2, -0.15) is 0 Å². The monoisotopic (exact) mass is 270 g/mol. The number of carboxylic acids is 1. The fraction of sp³-hybridized carbons (Fsp3) is 0.188. The highest BCUT2D eigenvalue weighted by Gasteiger charge is 2.09. The third-order valence-corrected chi connectivity index (χ3v) is 3.20. The van der Waals surface area contributed by atoms with Gasteiger partial charge in [0.05, 0.1) is 6.42 Å². The van der Waals surface area contributed by atoms with Crippen molar-refractivity contribution in [2.24, 2.45) is 0 Å². The van der Waals surface area contributed by atoms with Crippen molar-refractivity contribution in [3.63, 3.8) is 0 Å². The van der Waals surface area contributed by atoms with Gasteiger partial charge < -0.3 is 15.7 Å². The van der Waals surface area contributed by atoms with Crippen LogP contribution in [-0.2, 0) is 17.8 Å². The van der Waals surface area contributed by atoms with Crippen LogP contribution in [-0.4, -0.2) is 18.1 Å². The summed E-state index contributed by atoms with van der Waals surface area (Å²) < 4.78 is 0. The van der Waals surface area contributed by atoms with Crippen LogP contribution >= 0.6 is 0 Å². The standard InChI is InChI=1S/C16H18N2O2/c1-18(15-8-6-14(17)7-9-15)11-13-5-3-2-4-12(13)10-16(19)20/h2-9H,10-11,17H2,1H3,(H,19,20). The first-order chi connectivity index (χ1) is 9.56. The van der Waals surface area contributed by atoms with Gasteiger partial charge in [-0.3, -0.25) is 4.79 Å². The summed E-state index contributed by atoms with van der Waals surface area (Å²) in [4.78, 5) is 13.0. The molecule has 0 bridgehead atoms. The van der Waals surface area contributed by atoms with E-state index >= 15 is 0 Å². The maximum Gasteiger partial charge on any atom is 0.307 e. The Hall–Kier alpha value is -2.49. The lowest BCUT2D eigenvalue weighted by atomic mass is 10.0. The molecule has 0 aliphatic carbocycles. The Balaban J connectivity index is 2.17. The molecule has 0 aliphatic heterocycles. The van der Waals surface area contributed by atoms with Crippen molar-refractivity contribution >= 4 is 17.3 Å². The summed E-state index contributed by atoms with van der Waals surface area (Å²) in [5.74, 6) is -0.812. The topological polar surface area (TPSA) is 66.6 Å². The lowest BCUT2D eigenvalue weighted by Crippen LogP contribution is -2.18. The number of nitrogens with zero attached hydrogens (tertiary/aromatic N) is 1. The first-order valence-corrected chi connectivity index (χ1v) is 6.41. The van der Waals surface area contributed by atoms with Gasteiger partial charge in [0.15, 0.2) is 0 Å². The van der Waals surface area contributed by atoms with Gasteiger partial charge in [-0.25, -0.2) is 0 Å². The number of aliphatic carboxylic acids is 1. The highest BCUT2D eigenvalue weighted by atomic mass is 16.4. The molecule has 20 heavy (non-hydrogen) atoms. The molecule has 0 aliphatic rings. The minimum atomic E-state index is -0.812. The summed E-state index contributed by atoms with van der Waals surface area (Å²) in [6.07, 6.45) is 0.0474. The molecule has 0 fully saturated rings. The molecular formula is C16H18N2O2. The Bertz CT molecular complexity index is 594. The molecule has 2 aromatic rings. The fourth-order valence-corrected chi connectivity index (χ4v) is 2.12. The maximum atomic E-state index is 10.9. The van der Waals surface area contributed by atoms with E-state index in [1.165, 1.54) is 0 Å². The minimum Gasteiger partial charge on any atom is -0.481 e. The highest BCUT2D eigenvalue weighted by molar-refractivity contribution is 5.70. The van der Waals surface area contributed by atoms with Crippen molar-refractivity contribution < 1.29 is 9.90 Å². The number of carbonyl (C=O) groups is 1. The molecule has 3 N–H and O–H groups in total. The van der Waals surface area contributed by atoms with E-state index in [0.717, 1.165) is 22.5 Å². The van der Waals surface area contributed by atoms with Crippen molar-refractivity contribution in [1.29, 1.82) is 0 Å². The molecule has 4 heteroatoms. The predicted octanol–water partition coefficient (Wildman–Crippen LogP) is 2.53. The Morgan fingerprint density at radius 3 is 2.30 bits per heavy atom. The van der Waals surface area contributed by atoms with Crippen LogP contribution in [0.3, 0.4) is 0 Å². The number of benzene rings is 2. The average molecular weight is 270 g/mol. The largest absolute Gasteiger partial charge is 0.481 e. The van der Waals surface area contributed by atoms with E-state index in [9.17, 15) is 4.79 Å². The van der Waals surface area contributed by atoms with Gasteiger partial charge in [-0.15, -0.1) is 0 Å². The molecule has 4 nitrogen and oxygen atoms in total. The molecule has 0 unspecified atom stereocenters. The lowest BCUT2D eigenvalue weighted by Gasteiger charge is -2.21. The van der Waals surface area contributed by atoms with E-state index in [2.05, 4.69) is 4.90 Å².